The lowest BCUT2D eigenvalue weighted by Gasteiger charge is -2.01. The van der Waals surface area contributed by atoms with E-state index < -0.39 is 0 Å². The zero-order valence-electron chi connectivity index (χ0n) is 13.2. The van der Waals surface area contributed by atoms with Crippen LogP contribution in [-0.4, -0.2) is 11.7 Å². The fourth-order valence-corrected chi connectivity index (χ4v) is 2.36. The van der Waals surface area contributed by atoms with Crippen molar-refractivity contribution in [1.82, 2.24) is 0 Å². The highest BCUT2D eigenvalue weighted by Gasteiger charge is 1.92. The number of hydrogen-bond acceptors (Lipinski definition) is 1. The highest BCUT2D eigenvalue weighted by Crippen LogP contribution is 2.11. The average molecular weight is 268 g/mol. The molecule has 0 rings (SSSR count). The van der Waals surface area contributed by atoms with Crippen LogP contribution in [0, 0.1) is 0 Å². The van der Waals surface area contributed by atoms with Crippen molar-refractivity contribution in [3.8, 4) is 0 Å². The van der Waals surface area contributed by atoms with Crippen molar-refractivity contribution in [2.45, 2.75) is 96.8 Å². The van der Waals surface area contributed by atoms with Gasteiger partial charge in [0.05, 0.1) is 0 Å². The van der Waals surface area contributed by atoms with E-state index >= 15 is 0 Å². The van der Waals surface area contributed by atoms with Gasteiger partial charge in [-0.05, 0) is 32.1 Å². The van der Waals surface area contributed by atoms with Crippen LogP contribution in [0.4, 0.5) is 0 Å². The van der Waals surface area contributed by atoms with Gasteiger partial charge in [0, 0.05) is 6.61 Å². The van der Waals surface area contributed by atoms with Gasteiger partial charge in [-0.2, -0.15) is 0 Å². The average Bonchev–Trinajstić information content (AvgIpc) is 2.43. The Bertz CT molecular complexity index is 175. The zero-order chi connectivity index (χ0) is 14.0. The van der Waals surface area contributed by atoms with Crippen LogP contribution in [0.15, 0.2) is 12.2 Å². The molecule has 0 bridgehead atoms. The first-order valence-corrected chi connectivity index (χ1v) is 8.67. The molecule has 0 radical (unpaired) electrons. The number of unbranched alkanes of at least 4 members (excludes halogenated alkanes) is 12. The Labute approximate surface area is 121 Å². The van der Waals surface area contributed by atoms with Crippen LogP contribution in [0.25, 0.3) is 0 Å². The van der Waals surface area contributed by atoms with E-state index in [0.29, 0.717) is 6.61 Å². The SMILES string of the molecule is CCCCC/C=C\CCCCCCCCCCCO. The Morgan fingerprint density at radius 3 is 1.47 bits per heavy atom. The van der Waals surface area contributed by atoms with E-state index in [1.807, 2.05) is 0 Å². The summed E-state index contributed by atoms with van der Waals surface area (Å²) in [6, 6.07) is 0. The second-order valence-electron chi connectivity index (χ2n) is 5.66. The van der Waals surface area contributed by atoms with E-state index in [4.69, 9.17) is 5.11 Å². The Kier molecular flexibility index (Phi) is 17.4. The highest BCUT2D eigenvalue weighted by atomic mass is 16.2. The van der Waals surface area contributed by atoms with Crippen molar-refractivity contribution in [2.75, 3.05) is 6.61 Å². The first-order valence-electron chi connectivity index (χ1n) is 8.67. The minimum atomic E-state index is 0.367. The molecule has 0 aromatic rings. The second kappa shape index (κ2) is 17.7. The lowest BCUT2D eigenvalue weighted by Crippen LogP contribution is -1.84. The van der Waals surface area contributed by atoms with Gasteiger partial charge in [0.1, 0.15) is 0 Å². The number of aliphatic hydroxyl groups excluding tert-OH is 1. The third-order valence-electron chi connectivity index (χ3n) is 3.67. The van der Waals surface area contributed by atoms with Gasteiger partial charge in [0.2, 0.25) is 0 Å². The summed E-state index contributed by atoms with van der Waals surface area (Å²) in [5.74, 6) is 0. The molecule has 0 saturated heterocycles. The molecule has 0 fully saturated rings. The first kappa shape index (κ1) is 18.7. The number of aliphatic hydroxyl groups is 1. The summed E-state index contributed by atoms with van der Waals surface area (Å²) in [6.07, 6.45) is 23.2. The van der Waals surface area contributed by atoms with E-state index in [9.17, 15) is 0 Å². The Morgan fingerprint density at radius 2 is 1.00 bits per heavy atom. The van der Waals surface area contributed by atoms with Crippen molar-refractivity contribution in [3.63, 3.8) is 0 Å². The minimum Gasteiger partial charge on any atom is -0.396 e. The molecule has 0 aliphatic heterocycles. The monoisotopic (exact) mass is 268 g/mol. The third kappa shape index (κ3) is 17.7. The number of allylic oxidation sites excluding steroid dienone is 2. The Hall–Kier alpha value is -0.300. The molecule has 0 unspecified atom stereocenters. The molecule has 0 heterocycles. The van der Waals surface area contributed by atoms with Crippen LogP contribution < -0.4 is 0 Å². The lowest BCUT2D eigenvalue weighted by atomic mass is 10.1. The van der Waals surface area contributed by atoms with Gasteiger partial charge >= 0.3 is 0 Å². The van der Waals surface area contributed by atoms with Gasteiger partial charge in [-0.15, -0.1) is 0 Å². The van der Waals surface area contributed by atoms with Crippen molar-refractivity contribution >= 4 is 0 Å². The summed E-state index contributed by atoms with van der Waals surface area (Å²) >= 11 is 0. The molecule has 1 heteroatoms. The minimum absolute atomic E-state index is 0.367. The molecule has 1 nitrogen and oxygen atoms in total. The maximum Gasteiger partial charge on any atom is 0.0431 e. The van der Waals surface area contributed by atoms with Gasteiger partial charge in [0.25, 0.3) is 0 Å². The summed E-state index contributed by atoms with van der Waals surface area (Å²) < 4.78 is 0. The highest BCUT2D eigenvalue weighted by molar-refractivity contribution is 4.81. The topological polar surface area (TPSA) is 20.2 Å². The molecular weight excluding hydrogens is 232 g/mol. The van der Waals surface area contributed by atoms with Gasteiger partial charge in [-0.3, -0.25) is 0 Å². The summed E-state index contributed by atoms with van der Waals surface area (Å²) in [5, 5.41) is 8.66. The number of rotatable bonds is 15. The molecule has 0 spiro atoms. The molecule has 0 aliphatic rings. The maximum absolute atomic E-state index is 8.66. The lowest BCUT2D eigenvalue weighted by molar-refractivity contribution is 0.282. The van der Waals surface area contributed by atoms with Crippen LogP contribution in [0.1, 0.15) is 96.8 Å². The molecular formula is C18H36O. The summed E-state index contributed by atoms with van der Waals surface area (Å²) in [5.41, 5.74) is 0. The number of hydrogen-bond donors (Lipinski definition) is 1. The molecule has 0 aromatic carbocycles. The smallest absolute Gasteiger partial charge is 0.0431 e. The molecule has 19 heavy (non-hydrogen) atoms. The molecule has 0 saturated carbocycles. The second-order valence-corrected chi connectivity index (χ2v) is 5.66. The van der Waals surface area contributed by atoms with Gasteiger partial charge in [-0.25, -0.2) is 0 Å². The van der Waals surface area contributed by atoms with Crippen molar-refractivity contribution in [3.05, 3.63) is 12.2 Å². The Morgan fingerprint density at radius 1 is 0.579 bits per heavy atom. The van der Waals surface area contributed by atoms with Gasteiger partial charge < -0.3 is 5.11 Å². The first-order chi connectivity index (χ1) is 9.41. The van der Waals surface area contributed by atoms with Crippen molar-refractivity contribution in [2.24, 2.45) is 0 Å². The summed E-state index contributed by atoms with van der Waals surface area (Å²) in [4.78, 5) is 0. The van der Waals surface area contributed by atoms with Gasteiger partial charge in [-0.1, -0.05) is 76.9 Å². The largest absolute Gasteiger partial charge is 0.396 e. The normalized spacial score (nSPS) is 11.5. The zero-order valence-corrected chi connectivity index (χ0v) is 13.2. The molecule has 0 amide bonds. The quantitative estimate of drug-likeness (QED) is 0.284. The van der Waals surface area contributed by atoms with Crippen molar-refractivity contribution in [1.29, 1.82) is 0 Å². The molecule has 1 N–H and O–H groups in total. The predicted octanol–water partition coefficient (Wildman–Crippen LogP) is 6.02. The van der Waals surface area contributed by atoms with E-state index in [-0.39, 0.29) is 0 Å². The van der Waals surface area contributed by atoms with Gasteiger partial charge in [0.15, 0.2) is 0 Å². The molecule has 0 aliphatic carbocycles. The third-order valence-corrected chi connectivity index (χ3v) is 3.67. The maximum atomic E-state index is 8.66. The summed E-state index contributed by atoms with van der Waals surface area (Å²) in [7, 11) is 0. The Balaban J connectivity index is 2.98. The van der Waals surface area contributed by atoms with E-state index in [2.05, 4.69) is 19.1 Å². The van der Waals surface area contributed by atoms with E-state index in [1.54, 1.807) is 0 Å². The fourth-order valence-electron chi connectivity index (χ4n) is 2.36. The van der Waals surface area contributed by atoms with Crippen LogP contribution in [0.3, 0.4) is 0 Å². The predicted molar refractivity (Wildman–Crippen MR) is 86.5 cm³/mol. The molecule has 0 atom stereocenters. The van der Waals surface area contributed by atoms with Crippen LogP contribution in [0.2, 0.25) is 0 Å². The van der Waals surface area contributed by atoms with E-state index in [1.165, 1.54) is 83.5 Å². The van der Waals surface area contributed by atoms with E-state index in [0.717, 1.165) is 6.42 Å². The van der Waals surface area contributed by atoms with Crippen molar-refractivity contribution < 1.29 is 5.11 Å². The summed E-state index contributed by atoms with van der Waals surface area (Å²) in [6.45, 7) is 2.63. The van der Waals surface area contributed by atoms with Crippen LogP contribution in [0.5, 0.6) is 0 Å². The standard InChI is InChI=1S/C18H36O/c1-2-3-4-5-6-7-8-9-10-11-12-13-14-15-16-17-18-19/h6-7,19H,2-5,8-18H2,1H3/b7-6-. The molecule has 0 aromatic heterocycles. The molecule has 114 valence electrons. The van der Waals surface area contributed by atoms with Crippen LogP contribution >= 0.6 is 0 Å². The van der Waals surface area contributed by atoms with Crippen LogP contribution in [-0.2, 0) is 0 Å². The fraction of sp³-hybridized carbons (Fsp3) is 0.889.